The van der Waals surface area contributed by atoms with Crippen molar-refractivity contribution < 1.29 is 15.7 Å². The van der Waals surface area contributed by atoms with Crippen LogP contribution in [0.1, 0.15) is 39.7 Å². The highest BCUT2D eigenvalue weighted by molar-refractivity contribution is 5.69. The fourth-order valence-electron chi connectivity index (χ4n) is 1.99. The first-order chi connectivity index (χ1) is 10.3. The Labute approximate surface area is 127 Å². The molecule has 1 heterocycles. The Morgan fingerprint density at radius 1 is 1.48 bits per heavy atom. The molecule has 0 atom stereocenters. The van der Waals surface area contributed by atoms with E-state index in [2.05, 4.69) is 10.3 Å². The highest BCUT2D eigenvalue weighted by atomic mass is 16.5. The standard InChI is InChI=1S/C16H24N2O3.H2/c1-2-20-16(19)7-9-17-11-14-5-6-15(12-18-14)21-10-8-13-3-4-13;/h5-6,12-13,17H,2-4,7-11H2,1H3;1H. The molecule has 0 unspecified atom stereocenters. The Morgan fingerprint density at radius 3 is 3.00 bits per heavy atom. The van der Waals surface area contributed by atoms with Crippen LogP contribution in [0.4, 0.5) is 0 Å². The van der Waals surface area contributed by atoms with Crippen LogP contribution in [0, 0.1) is 5.92 Å². The number of rotatable bonds is 10. The minimum Gasteiger partial charge on any atom is -0.492 e. The Morgan fingerprint density at radius 2 is 2.33 bits per heavy atom. The molecule has 0 aromatic carbocycles. The number of carbonyl (C=O) groups is 1. The molecular weight excluding hydrogens is 268 g/mol. The zero-order valence-electron chi connectivity index (χ0n) is 12.6. The van der Waals surface area contributed by atoms with Gasteiger partial charge in [-0.1, -0.05) is 12.8 Å². The van der Waals surface area contributed by atoms with Crippen molar-refractivity contribution in [2.75, 3.05) is 19.8 Å². The van der Waals surface area contributed by atoms with Gasteiger partial charge in [-0.25, -0.2) is 0 Å². The summed E-state index contributed by atoms with van der Waals surface area (Å²) in [4.78, 5) is 15.5. The van der Waals surface area contributed by atoms with Crippen LogP contribution in [0.2, 0.25) is 0 Å². The van der Waals surface area contributed by atoms with Gasteiger partial charge in [0.1, 0.15) is 5.75 Å². The molecule has 1 aliphatic rings. The summed E-state index contributed by atoms with van der Waals surface area (Å²) >= 11 is 0. The minimum atomic E-state index is -0.169. The van der Waals surface area contributed by atoms with E-state index >= 15 is 0 Å². The van der Waals surface area contributed by atoms with E-state index in [0.717, 1.165) is 30.4 Å². The van der Waals surface area contributed by atoms with Gasteiger partial charge in [0, 0.05) is 14.5 Å². The maximum Gasteiger partial charge on any atom is 0.307 e. The van der Waals surface area contributed by atoms with Gasteiger partial charge < -0.3 is 14.8 Å². The van der Waals surface area contributed by atoms with Gasteiger partial charge in [0.05, 0.1) is 31.5 Å². The lowest BCUT2D eigenvalue weighted by molar-refractivity contribution is -0.142. The third-order valence-corrected chi connectivity index (χ3v) is 3.41. The first kappa shape index (κ1) is 15.8. The summed E-state index contributed by atoms with van der Waals surface area (Å²) in [5, 5.41) is 3.17. The number of aromatic nitrogens is 1. The number of esters is 1. The molecule has 21 heavy (non-hydrogen) atoms. The lowest BCUT2D eigenvalue weighted by Gasteiger charge is -2.07. The molecule has 0 spiro atoms. The molecule has 5 nitrogen and oxygen atoms in total. The topological polar surface area (TPSA) is 60.5 Å². The quantitative estimate of drug-likeness (QED) is 0.531. The van der Waals surface area contributed by atoms with Gasteiger partial charge in [0.25, 0.3) is 0 Å². The van der Waals surface area contributed by atoms with Crippen LogP contribution < -0.4 is 10.1 Å². The average molecular weight is 294 g/mol. The normalized spacial score (nSPS) is 14.0. The zero-order chi connectivity index (χ0) is 14.9. The smallest absolute Gasteiger partial charge is 0.307 e. The highest BCUT2D eigenvalue weighted by Gasteiger charge is 2.20. The number of carbonyl (C=O) groups excluding carboxylic acids is 1. The fraction of sp³-hybridized carbons (Fsp3) is 0.625. The van der Waals surface area contributed by atoms with Gasteiger partial charge in [-0.05, 0) is 31.4 Å². The molecular formula is C16H26N2O3. The number of nitrogens with zero attached hydrogens (tertiary/aromatic N) is 1. The van der Waals surface area contributed by atoms with Crippen LogP contribution >= 0.6 is 0 Å². The number of ether oxygens (including phenoxy) is 2. The second kappa shape index (κ2) is 8.62. The molecule has 0 bridgehead atoms. The van der Waals surface area contributed by atoms with Crippen LogP contribution in [-0.4, -0.2) is 30.7 Å². The second-order valence-electron chi connectivity index (χ2n) is 5.30. The van der Waals surface area contributed by atoms with E-state index in [-0.39, 0.29) is 7.40 Å². The maximum atomic E-state index is 11.2. The third-order valence-electron chi connectivity index (χ3n) is 3.41. The lowest BCUT2D eigenvalue weighted by atomic mass is 10.3. The van der Waals surface area contributed by atoms with Crippen molar-refractivity contribution in [3.63, 3.8) is 0 Å². The minimum absolute atomic E-state index is 0. The molecule has 1 aromatic rings. The summed E-state index contributed by atoms with van der Waals surface area (Å²) in [6.07, 6.45) is 6.01. The molecule has 1 fully saturated rings. The molecule has 0 saturated heterocycles. The van der Waals surface area contributed by atoms with Crippen LogP contribution in [-0.2, 0) is 16.1 Å². The lowest BCUT2D eigenvalue weighted by Crippen LogP contribution is -2.19. The van der Waals surface area contributed by atoms with Crippen molar-refractivity contribution in [2.24, 2.45) is 5.92 Å². The van der Waals surface area contributed by atoms with Crippen LogP contribution in [0.15, 0.2) is 18.3 Å². The Hall–Kier alpha value is -1.62. The van der Waals surface area contributed by atoms with Crippen molar-refractivity contribution in [1.29, 1.82) is 0 Å². The van der Waals surface area contributed by atoms with Crippen molar-refractivity contribution >= 4 is 5.97 Å². The van der Waals surface area contributed by atoms with E-state index in [1.165, 1.54) is 12.8 Å². The Balaban J connectivity index is 0.00000242. The van der Waals surface area contributed by atoms with Gasteiger partial charge in [-0.3, -0.25) is 9.78 Å². The zero-order valence-corrected chi connectivity index (χ0v) is 12.6. The fourth-order valence-corrected chi connectivity index (χ4v) is 1.99. The molecule has 118 valence electrons. The predicted octanol–water partition coefficient (Wildman–Crippen LogP) is 2.55. The molecule has 0 amide bonds. The van der Waals surface area contributed by atoms with Gasteiger partial charge >= 0.3 is 5.97 Å². The van der Waals surface area contributed by atoms with Gasteiger partial charge in [-0.2, -0.15) is 0 Å². The van der Waals surface area contributed by atoms with E-state index in [1.54, 1.807) is 6.20 Å². The van der Waals surface area contributed by atoms with E-state index in [4.69, 9.17) is 9.47 Å². The van der Waals surface area contributed by atoms with Crippen LogP contribution in [0.5, 0.6) is 5.75 Å². The Bertz CT molecular complexity index is 436. The van der Waals surface area contributed by atoms with E-state index in [9.17, 15) is 4.79 Å². The van der Waals surface area contributed by atoms with Crippen LogP contribution in [0.25, 0.3) is 0 Å². The largest absolute Gasteiger partial charge is 0.492 e. The average Bonchev–Trinajstić information content (AvgIpc) is 3.30. The molecule has 1 aliphatic carbocycles. The molecule has 1 N–H and O–H groups in total. The first-order valence-corrected chi connectivity index (χ1v) is 7.72. The molecule has 2 rings (SSSR count). The van der Waals surface area contributed by atoms with Crippen molar-refractivity contribution in [1.82, 2.24) is 10.3 Å². The van der Waals surface area contributed by atoms with Crippen molar-refractivity contribution in [3.8, 4) is 5.75 Å². The molecule has 5 heteroatoms. The van der Waals surface area contributed by atoms with Gasteiger partial charge in [-0.15, -0.1) is 0 Å². The maximum absolute atomic E-state index is 11.2. The SMILES string of the molecule is CCOC(=O)CCNCc1ccc(OCCC2CC2)cn1.[HH]. The number of hydrogen-bond donors (Lipinski definition) is 1. The number of nitrogens with one attached hydrogen (secondary N) is 1. The summed E-state index contributed by atoms with van der Waals surface area (Å²) < 4.78 is 10.5. The first-order valence-electron chi connectivity index (χ1n) is 7.72. The van der Waals surface area contributed by atoms with Crippen molar-refractivity contribution in [2.45, 2.75) is 39.2 Å². The monoisotopic (exact) mass is 294 g/mol. The summed E-state index contributed by atoms with van der Waals surface area (Å²) in [6.45, 7) is 4.26. The Kier molecular flexibility index (Phi) is 6.47. The highest BCUT2D eigenvalue weighted by Crippen LogP contribution is 2.32. The molecule has 0 radical (unpaired) electrons. The van der Waals surface area contributed by atoms with E-state index in [1.807, 2.05) is 19.1 Å². The summed E-state index contributed by atoms with van der Waals surface area (Å²) in [7, 11) is 0. The number of pyridine rings is 1. The van der Waals surface area contributed by atoms with E-state index < -0.39 is 0 Å². The molecule has 1 aromatic heterocycles. The van der Waals surface area contributed by atoms with Crippen LogP contribution in [0.3, 0.4) is 0 Å². The summed E-state index contributed by atoms with van der Waals surface area (Å²) in [6, 6.07) is 3.89. The molecule has 1 saturated carbocycles. The summed E-state index contributed by atoms with van der Waals surface area (Å²) in [5.74, 6) is 1.55. The van der Waals surface area contributed by atoms with Crippen molar-refractivity contribution in [3.05, 3.63) is 24.0 Å². The predicted molar refractivity (Wildman–Crippen MR) is 82.1 cm³/mol. The van der Waals surface area contributed by atoms with Gasteiger partial charge in [0.15, 0.2) is 0 Å². The second-order valence-corrected chi connectivity index (χ2v) is 5.30. The van der Waals surface area contributed by atoms with Gasteiger partial charge in [0.2, 0.25) is 0 Å². The number of hydrogen-bond acceptors (Lipinski definition) is 5. The molecule has 0 aliphatic heterocycles. The van der Waals surface area contributed by atoms with E-state index in [0.29, 0.717) is 26.1 Å². The third kappa shape index (κ3) is 6.58. The summed E-state index contributed by atoms with van der Waals surface area (Å²) in [5.41, 5.74) is 0.938.